The first-order valence-corrected chi connectivity index (χ1v) is 19.8. The molecule has 4 N–H and O–H groups in total. The van der Waals surface area contributed by atoms with Gasteiger partial charge in [0, 0.05) is 35.1 Å². The van der Waals surface area contributed by atoms with Crippen molar-refractivity contribution in [3.8, 4) is 0 Å². The van der Waals surface area contributed by atoms with Crippen molar-refractivity contribution < 1.29 is 43.2 Å². The van der Waals surface area contributed by atoms with Crippen LogP contribution in [0.15, 0.2) is 48.1 Å². The van der Waals surface area contributed by atoms with Crippen LogP contribution in [0.3, 0.4) is 0 Å². The summed E-state index contributed by atoms with van der Waals surface area (Å²) in [5, 5.41) is 19.1. The number of methoxy groups -OCH3 is 1. The van der Waals surface area contributed by atoms with Crippen molar-refractivity contribution in [2.45, 2.75) is 123 Å². The Balaban J connectivity index is 1.14. The van der Waals surface area contributed by atoms with Gasteiger partial charge in [0.1, 0.15) is 18.2 Å². The van der Waals surface area contributed by atoms with Crippen LogP contribution >= 0.6 is 12.2 Å². The minimum atomic E-state index is -1.38. The minimum Gasteiger partial charge on any atom is -0.444 e. The second-order valence-electron chi connectivity index (χ2n) is 17.8. The average Bonchev–Trinajstić information content (AvgIpc) is 3.62. The molecule has 2 amide bonds. The summed E-state index contributed by atoms with van der Waals surface area (Å²) in [4.78, 5) is 52.3. The number of thiocarbonyl (C=S) groups is 1. The third kappa shape index (κ3) is 7.31. The third-order valence-corrected chi connectivity index (χ3v) is 13.3. The number of hydrogen-bond donors (Lipinski definition) is 4. The normalized spacial score (nSPS) is 34.7. The quantitative estimate of drug-likeness (QED) is 0.215. The summed E-state index contributed by atoms with van der Waals surface area (Å²) in [5.41, 5.74) is -0.722. The fourth-order valence-corrected chi connectivity index (χ4v) is 10.8. The minimum absolute atomic E-state index is 0.0178. The molecule has 12 nitrogen and oxygen atoms in total. The van der Waals surface area contributed by atoms with Crippen molar-refractivity contribution in [1.82, 2.24) is 10.6 Å². The highest BCUT2D eigenvalue weighted by Gasteiger charge is 2.76. The molecular weight excluding hydrogens is 723 g/mol. The first-order chi connectivity index (χ1) is 25.8. The summed E-state index contributed by atoms with van der Waals surface area (Å²) in [6.45, 7) is 14.5. The van der Waals surface area contributed by atoms with E-state index in [9.17, 15) is 24.3 Å². The van der Waals surface area contributed by atoms with E-state index in [0.717, 1.165) is 18.4 Å². The van der Waals surface area contributed by atoms with E-state index in [2.05, 4.69) is 35.9 Å². The lowest BCUT2D eigenvalue weighted by Gasteiger charge is -2.60. The maximum Gasteiger partial charge on any atom is 0.408 e. The van der Waals surface area contributed by atoms with Crippen molar-refractivity contribution in [1.29, 1.82) is 0 Å². The standard InChI is InChI=1S/C42H57N3O9S/c1-22(2)34(45-38(50)54-39(4,5)6)36(55)43-23(3)35(49)44-26-13-10-24(11-14-26)37-52-32-19-29-28-15-12-25-18-27(47)16-17-40(25,7)33(28)30(51-9)20-41(29,8)42(32,53-37)31(48)21-46/h10-11,13-14,16-18,22-23,28-30,32-34,37,46H,12,15,19-21H2,1-9H3,(H,43,55)(H,44,49)(H,45,50)/t23-,28-,29?,30-,32+,33?,34-,37+,40-,41-,42+/m0/s1. The number of nitrogens with one attached hydrogen (secondary N) is 3. The molecule has 0 spiro atoms. The number of rotatable bonds is 10. The van der Waals surface area contributed by atoms with Gasteiger partial charge in [-0.15, -0.1) is 0 Å². The number of carbonyl (C=O) groups excluding carboxylic acids is 4. The van der Waals surface area contributed by atoms with Gasteiger partial charge in [0.05, 0.1) is 23.2 Å². The van der Waals surface area contributed by atoms with Gasteiger partial charge in [0.15, 0.2) is 23.5 Å². The van der Waals surface area contributed by atoms with Crippen LogP contribution in [-0.2, 0) is 33.3 Å². The maximum atomic E-state index is 14.0. The molecule has 2 unspecified atom stereocenters. The van der Waals surface area contributed by atoms with Crippen molar-refractivity contribution in [2.24, 2.45) is 34.5 Å². The molecule has 11 atom stereocenters. The smallest absolute Gasteiger partial charge is 0.408 e. The number of amides is 2. The van der Waals surface area contributed by atoms with Crippen LogP contribution in [0.2, 0.25) is 0 Å². The van der Waals surface area contributed by atoms with Crippen molar-refractivity contribution in [2.75, 3.05) is 19.0 Å². The molecule has 1 heterocycles. The number of fused-ring (bicyclic) bond motifs is 7. The molecule has 300 valence electrons. The number of allylic oxidation sites excluding steroid dienone is 4. The molecule has 1 aliphatic heterocycles. The van der Waals surface area contributed by atoms with Gasteiger partial charge >= 0.3 is 6.09 Å². The number of alkyl carbamates (subject to hydrolysis) is 1. The van der Waals surface area contributed by atoms with E-state index < -0.39 is 59.6 Å². The van der Waals surface area contributed by atoms with Gasteiger partial charge < -0.3 is 40.0 Å². The molecule has 1 aromatic carbocycles. The zero-order chi connectivity index (χ0) is 40.2. The fraction of sp³-hybridized carbons (Fsp3) is 0.643. The number of aliphatic hydroxyl groups excluding tert-OH is 1. The molecule has 4 fully saturated rings. The second kappa shape index (κ2) is 15.1. The zero-order valence-electron chi connectivity index (χ0n) is 33.4. The lowest BCUT2D eigenvalue weighted by molar-refractivity contribution is -0.204. The van der Waals surface area contributed by atoms with Gasteiger partial charge in [-0.3, -0.25) is 14.4 Å². The Morgan fingerprint density at radius 1 is 1.09 bits per heavy atom. The van der Waals surface area contributed by atoms with Crippen LogP contribution in [0.4, 0.5) is 10.5 Å². The van der Waals surface area contributed by atoms with Crippen LogP contribution < -0.4 is 16.0 Å². The zero-order valence-corrected chi connectivity index (χ0v) is 34.2. The number of aliphatic hydroxyl groups is 1. The predicted molar refractivity (Wildman–Crippen MR) is 210 cm³/mol. The molecule has 4 aliphatic carbocycles. The van der Waals surface area contributed by atoms with Crippen LogP contribution in [-0.4, -0.2) is 82.9 Å². The number of carbonyl (C=O) groups is 4. The van der Waals surface area contributed by atoms with Gasteiger partial charge in [-0.05, 0) is 95.4 Å². The Morgan fingerprint density at radius 2 is 1.78 bits per heavy atom. The number of benzene rings is 1. The molecule has 5 aliphatic rings. The molecule has 1 aromatic rings. The number of anilines is 1. The highest BCUT2D eigenvalue weighted by atomic mass is 32.1. The molecule has 0 radical (unpaired) electrons. The summed E-state index contributed by atoms with van der Waals surface area (Å²) < 4.78 is 25.1. The summed E-state index contributed by atoms with van der Waals surface area (Å²) in [7, 11) is 1.71. The number of Topliss-reactive ketones (excluding diaryl/α,β-unsaturated/α-hetero) is 1. The average molecular weight is 780 g/mol. The van der Waals surface area contributed by atoms with Gasteiger partial charge in [-0.25, -0.2) is 4.79 Å². The van der Waals surface area contributed by atoms with Crippen LogP contribution in [0, 0.1) is 34.5 Å². The monoisotopic (exact) mass is 779 g/mol. The number of ketones is 2. The summed E-state index contributed by atoms with van der Waals surface area (Å²) >= 11 is 5.58. The maximum absolute atomic E-state index is 14.0. The predicted octanol–water partition coefficient (Wildman–Crippen LogP) is 5.74. The SMILES string of the molecule is CO[C@H]1C[C@@]2(C)C(C[C@H]3O[C@@H](c4ccc(NC(=O)[C@H](C)NC(=S)[C@@H](NC(=O)OC(C)(C)C)C(C)C)cc4)O[C@]32C(=O)CO)[C@@H]2CCC3=CC(=O)C=C[C@]3(C)C21. The van der Waals surface area contributed by atoms with Gasteiger partial charge in [0.25, 0.3) is 0 Å². The fourth-order valence-electron chi connectivity index (χ4n) is 10.3. The molecule has 6 rings (SSSR count). The molecule has 13 heteroatoms. The van der Waals surface area contributed by atoms with E-state index in [1.807, 2.05) is 13.8 Å². The summed E-state index contributed by atoms with van der Waals surface area (Å²) in [6.07, 6.45) is 6.05. The van der Waals surface area contributed by atoms with E-state index in [1.54, 1.807) is 71.2 Å². The summed E-state index contributed by atoms with van der Waals surface area (Å²) in [5.74, 6) is -0.401. The van der Waals surface area contributed by atoms with Gasteiger partial charge in [0.2, 0.25) is 5.91 Å². The molecular formula is C42H57N3O9S. The van der Waals surface area contributed by atoms with Gasteiger partial charge in [-0.1, -0.05) is 63.7 Å². The van der Waals surface area contributed by atoms with Crippen molar-refractivity contribution in [3.05, 3.63) is 53.6 Å². The molecule has 55 heavy (non-hydrogen) atoms. The molecule has 1 saturated heterocycles. The van der Waals surface area contributed by atoms with E-state index in [1.165, 1.54) is 0 Å². The van der Waals surface area contributed by atoms with Crippen LogP contribution in [0.25, 0.3) is 0 Å². The Bertz CT molecular complexity index is 1770. The Morgan fingerprint density at radius 3 is 2.40 bits per heavy atom. The highest BCUT2D eigenvalue weighted by molar-refractivity contribution is 7.80. The Kier molecular flexibility index (Phi) is 11.3. The van der Waals surface area contributed by atoms with E-state index in [0.29, 0.717) is 29.1 Å². The molecule has 0 aromatic heterocycles. The van der Waals surface area contributed by atoms with Gasteiger partial charge in [-0.2, -0.15) is 0 Å². The van der Waals surface area contributed by atoms with Crippen molar-refractivity contribution in [3.63, 3.8) is 0 Å². The van der Waals surface area contributed by atoms with Crippen LogP contribution in [0.1, 0.15) is 92.9 Å². The first-order valence-electron chi connectivity index (χ1n) is 19.4. The lowest BCUT2D eigenvalue weighted by Crippen LogP contribution is -2.63. The Labute approximate surface area is 329 Å². The highest BCUT2D eigenvalue weighted by Crippen LogP contribution is 2.70. The van der Waals surface area contributed by atoms with E-state index in [-0.39, 0.29) is 46.9 Å². The van der Waals surface area contributed by atoms with E-state index >= 15 is 0 Å². The van der Waals surface area contributed by atoms with E-state index in [4.69, 9.17) is 31.2 Å². The lowest BCUT2D eigenvalue weighted by atomic mass is 9.46. The molecule has 3 saturated carbocycles. The first kappa shape index (κ1) is 41.2. The second-order valence-corrected chi connectivity index (χ2v) is 18.2. The summed E-state index contributed by atoms with van der Waals surface area (Å²) in [6, 6.07) is 5.81. The largest absolute Gasteiger partial charge is 0.444 e. The molecule has 0 bridgehead atoms. The number of ether oxygens (including phenoxy) is 4. The van der Waals surface area contributed by atoms with Crippen LogP contribution in [0.5, 0.6) is 0 Å². The third-order valence-electron chi connectivity index (χ3n) is 12.9. The topological polar surface area (TPSA) is 162 Å². The Hall–Kier alpha value is -3.49. The van der Waals surface area contributed by atoms with Crippen molar-refractivity contribution >= 4 is 46.5 Å². The number of hydrogen-bond acceptors (Lipinski definition) is 10.